The number of aliphatic hydroxyl groups is 1. The van der Waals surface area contributed by atoms with E-state index in [1.165, 1.54) is 0 Å². The number of amides is 1. The number of hydrogen-bond acceptors (Lipinski definition) is 4. The summed E-state index contributed by atoms with van der Waals surface area (Å²) in [6, 6.07) is 1.81. The van der Waals surface area contributed by atoms with E-state index in [4.69, 9.17) is 4.74 Å². The lowest BCUT2D eigenvalue weighted by Crippen LogP contribution is -2.50. The quantitative estimate of drug-likeness (QED) is 0.862. The van der Waals surface area contributed by atoms with E-state index < -0.39 is 0 Å². The van der Waals surface area contributed by atoms with E-state index in [9.17, 15) is 9.90 Å². The van der Waals surface area contributed by atoms with Crippen molar-refractivity contribution < 1.29 is 14.6 Å². The average molecular weight is 267 g/mol. The van der Waals surface area contributed by atoms with Crippen LogP contribution in [0.25, 0.3) is 0 Å². The molecule has 2 atom stereocenters. The van der Waals surface area contributed by atoms with E-state index in [0.29, 0.717) is 25.3 Å². The number of morpholine rings is 1. The third-order valence-corrected chi connectivity index (χ3v) is 3.24. The first-order valence-electron chi connectivity index (χ1n) is 6.65. The number of ether oxygens (including phenoxy) is 1. The zero-order chi connectivity index (χ0) is 14.0. The van der Waals surface area contributed by atoms with Crippen LogP contribution < -0.4 is 0 Å². The highest BCUT2D eigenvalue weighted by molar-refractivity contribution is 5.92. The number of aliphatic hydroxyl groups excluding tert-OH is 1. The number of carbonyl (C=O) groups is 1. The predicted octanol–water partition coefficient (Wildman–Crippen LogP) is 0.433. The summed E-state index contributed by atoms with van der Waals surface area (Å²) in [7, 11) is 0. The standard InChI is InChI=1S/C13H21N3O3/c1-4-16-12(5-9(2)14-16)13(18)15-6-10(3)19-11(7-15)8-17/h5,10-11,17H,4,6-8H2,1-3H3. The van der Waals surface area contributed by atoms with Crippen LogP contribution in [-0.2, 0) is 11.3 Å². The molecule has 0 aliphatic carbocycles. The van der Waals surface area contributed by atoms with Gasteiger partial charge in [-0.1, -0.05) is 0 Å². The fourth-order valence-corrected chi connectivity index (χ4v) is 2.43. The Bertz CT molecular complexity index is 458. The van der Waals surface area contributed by atoms with Crippen LogP contribution in [0.5, 0.6) is 0 Å². The van der Waals surface area contributed by atoms with E-state index in [0.717, 1.165) is 5.69 Å². The summed E-state index contributed by atoms with van der Waals surface area (Å²) in [5, 5.41) is 13.5. The predicted molar refractivity (Wildman–Crippen MR) is 70.0 cm³/mol. The molecule has 1 aromatic heterocycles. The van der Waals surface area contributed by atoms with Crippen LogP contribution >= 0.6 is 0 Å². The summed E-state index contributed by atoms with van der Waals surface area (Å²) < 4.78 is 7.26. The SMILES string of the molecule is CCn1nc(C)cc1C(=O)N1CC(C)OC(CO)C1. The van der Waals surface area contributed by atoms with Crippen LogP contribution in [0.3, 0.4) is 0 Å². The van der Waals surface area contributed by atoms with E-state index >= 15 is 0 Å². The fourth-order valence-electron chi connectivity index (χ4n) is 2.43. The van der Waals surface area contributed by atoms with Crippen LogP contribution in [0.4, 0.5) is 0 Å². The van der Waals surface area contributed by atoms with Crippen LogP contribution in [0.2, 0.25) is 0 Å². The number of aromatic nitrogens is 2. The highest BCUT2D eigenvalue weighted by Gasteiger charge is 2.30. The van der Waals surface area contributed by atoms with Gasteiger partial charge in [-0.3, -0.25) is 9.48 Å². The highest BCUT2D eigenvalue weighted by atomic mass is 16.5. The van der Waals surface area contributed by atoms with Crippen molar-refractivity contribution in [1.82, 2.24) is 14.7 Å². The lowest BCUT2D eigenvalue weighted by atomic mass is 10.2. The number of rotatable bonds is 3. The van der Waals surface area contributed by atoms with Crippen molar-refractivity contribution in [3.05, 3.63) is 17.5 Å². The minimum absolute atomic E-state index is 0.0453. The molecule has 0 saturated carbocycles. The molecule has 2 rings (SSSR count). The third-order valence-electron chi connectivity index (χ3n) is 3.24. The van der Waals surface area contributed by atoms with Gasteiger partial charge >= 0.3 is 0 Å². The smallest absolute Gasteiger partial charge is 0.272 e. The van der Waals surface area contributed by atoms with E-state index in [1.54, 1.807) is 15.6 Å². The lowest BCUT2D eigenvalue weighted by Gasteiger charge is -2.36. The molecule has 0 aromatic carbocycles. The molecule has 2 heterocycles. The minimum Gasteiger partial charge on any atom is -0.394 e. The Morgan fingerprint density at radius 2 is 2.32 bits per heavy atom. The zero-order valence-electron chi connectivity index (χ0n) is 11.7. The molecule has 6 nitrogen and oxygen atoms in total. The summed E-state index contributed by atoms with van der Waals surface area (Å²) in [5.41, 5.74) is 1.44. The minimum atomic E-state index is -0.299. The topological polar surface area (TPSA) is 67.6 Å². The zero-order valence-corrected chi connectivity index (χ0v) is 11.7. The van der Waals surface area contributed by atoms with E-state index in [2.05, 4.69) is 5.10 Å². The van der Waals surface area contributed by atoms with Crippen molar-refractivity contribution in [3.8, 4) is 0 Å². The molecule has 19 heavy (non-hydrogen) atoms. The van der Waals surface area contributed by atoms with Gasteiger partial charge in [0.15, 0.2) is 0 Å². The Labute approximate surface area is 113 Å². The molecule has 6 heteroatoms. The fraction of sp³-hybridized carbons (Fsp3) is 0.692. The van der Waals surface area contributed by atoms with Crippen molar-refractivity contribution in [2.75, 3.05) is 19.7 Å². The first-order valence-corrected chi connectivity index (χ1v) is 6.65. The Kier molecular flexibility index (Phi) is 4.21. The van der Waals surface area contributed by atoms with Gasteiger partial charge in [-0.2, -0.15) is 5.10 Å². The molecule has 0 bridgehead atoms. The molecule has 1 amide bonds. The maximum absolute atomic E-state index is 12.5. The Morgan fingerprint density at radius 3 is 2.95 bits per heavy atom. The Morgan fingerprint density at radius 1 is 1.58 bits per heavy atom. The van der Waals surface area contributed by atoms with Gasteiger partial charge in [0.05, 0.1) is 24.5 Å². The van der Waals surface area contributed by atoms with Crippen molar-refractivity contribution in [3.63, 3.8) is 0 Å². The summed E-state index contributed by atoms with van der Waals surface area (Å²) >= 11 is 0. The van der Waals surface area contributed by atoms with Gasteiger partial charge in [-0.05, 0) is 26.8 Å². The molecule has 1 fully saturated rings. The number of hydrogen-bond donors (Lipinski definition) is 1. The van der Waals surface area contributed by atoms with E-state index in [1.807, 2.05) is 20.8 Å². The number of carbonyl (C=O) groups excluding carboxylic acids is 1. The monoisotopic (exact) mass is 267 g/mol. The van der Waals surface area contributed by atoms with Crippen molar-refractivity contribution >= 4 is 5.91 Å². The van der Waals surface area contributed by atoms with Gasteiger partial charge in [0.1, 0.15) is 5.69 Å². The second-order valence-corrected chi connectivity index (χ2v) is 4.95. The number of nitrogens with zero attached hydrogens (tertiary/aromatic N) is 3. The summed E-state index contributed by atoms with van der Waals surface area (Å²) in [6.07, 6.45) is -0.360. The normalized spacial score (nSPS) is 23.7. The average Bonchev–Trinajstić information content (AvgIpc) is 2.78. The van der Waals surface area contributed by atoms with Gasteiger partial charge in [0.25, 0.3) is 5.91 Å². The lowest BCUT2D eigenvalue weighted by molar-refractivity contribution is -0.0860. The molecule has 1 aromatic rings. The maximum atomic E-state index is 12.5. The van der Waals surface area contributed by atoms with Gasteiger partial charge in [0.2, 0.25) is 0 Å². The van der Waals surface area contributed by atoms with Gasteiger partial charge in [-0.25, -0.2) is 0 Å². The first kappa shape index (κ1) is 14.0. The second kappa shape index (κ2) is 5.71. The summed E-state index contributed by atoms with van der Waals surface area (Å²) in [5.74, 6) is -0.0453. The highest BCUT2D eigenvalue weighted by Crippen LogP contribution is 2.15. The first-order chi connectivity index (χ1) is 9.05. The maximum Gasteiger partial charge on any atom is 0.272 e. The Hall–Kier alpha value is -1.40. The largest absolute Gasteiger partial charge is 0.394 e. The van der Waals surface area contributed by atoms with Crippen LogP contribution in [-0.4, -0.2) is 57.6 Å². The van der Waals surface area contributed by atoms with Crippen LogP contribution in [0.15, 0.2) is 6.07 Å². The molecule has 1 aliphatic rings. The van der Waals surface area contributed by atoms with E-state index in [-0.39, 0.29) is 24.7 Å². The van der Waals surface area contributed by atoms with Gasteiger partial charge in [-0.15, -0.1) is 0 Å². The molecule has 1 N–H and O–H groups in total. The molecule has 106 valence electrons. The number of aryl methyl sites for hydroxylation is 2. The van der Waals surface area contributed by atoms with Crippen LogP contribution in [0.1, 0.15) is 30.0 Å². The molecule has 2 unspecified atom stereocenters. The van der Waals surface area contributed by atoms with Gasteiger partial charge < -0.3 is 14.7 Å². The second-order valence-electron chi connectivity index (χ2n) is 4.95. The molecule has 0 radical (unpaired) electrons. The molecule has 0 spiro atoms. The van der Waals surface area contributed by atoms with Crippen molar-refractivity contribution in [2.24, 2.45) is 0 Å². The third kappa shape index (κ3) is 2.96. The summed E-state index contributed by atoms with van der Waals surface area (Å²) in [6.45, 7) is 7.31. The molecule has 1 aliphatic heterocycles. The molecule has 1 saturated heterocycles. The summed E-state index contributed by atoms with van der Waals surface area (Å²) in [4.78, 5) is 14.3. The van der Waals surface area contributed by atoms with Crippen molar-refractivity contribution in [1.29, 1.82) is 0 Å². The van der Waals surface area contributed by atoms with Crippen molar-refractivity contribution in [2.45, 2.75) is 39.5 Å². The Balaban J connectivity index is 2.18. The van der Waals surface area contributed by atoms with Gasteiger partial charge in [0, 0.05) is 19.6 Å². The molecular formula is C13H21N3O3. The molecular weight excluding hydrogens is 246 g/mol. The van der Waals surface area contributed by atoms with Crippen LogP contribution in [0, 0.1) is 6.92 Å².